The first kappa shape index (κ1) is 23.5. The molecule has 0 radical (unpaired) electrons. The van der Waals surface area contributed by atoms with Crippen molar-refractivity contribution in [1.82, 2.24) is 30.2 Å². The first-order valence-electron chi connectivity index (χ1n) is 12.1. The molecule has 2 aliphatic rings. The zero-order valence-corrected chi connectivity index (χ0v) is 19.9. The summed E-state index contributed by atoms with van der Waals surface area (Å²) in [5.41, 5.74) is 1.69. The Labute approximate surface area is 201 Å². The predicted octanol–water partition coefficient (Wildman–Crippen LogP) is 5.29. The minimum Gasteiger partial charge on any atom is -0.351 e. The maximum absolute atomic E-state index is 13.3. The number of rotatable bonds is 3. The standard InChI is InChI=1S/C23H22F3N7.C2H6/c1-12-9-27-6-7-33(12)22-19-16(13-2-3-13)10-28-11-17(19)30-21(32-22)14-4-5-29-20-15(14)8-18(31-20)23(24,25)26;1-2/h4-5,8,10-13,27H,2-3,6-7,9H2,1H3,(H,29,31);1-2H3/t12-;/m0./s1. The van der Waals surface area contributed by atoms with E-state index in [2.05, 4.69) is 32.1 Å². The fourth-order valence-electron chi connectivity index (χ4n) is 4.65. The van der Waals surface area contributed by atoms with Gasteiger partial charge < -0.3 is 15.2 Å². The van der Waals surface area contributed by atoms with Crippen LogP contribution >= 0.6 is 0 Å². The van der Waals surface area contributed by atoms with Crippen LogP contribution in [0.25, 0.3) is 33.3 Å². The number of fused-ring (bicyclic) bond motifs is 2. The average Bonchev–Trinajstić information content (AvgIpc) is 3.60. The quantitative estimate of drug-likeness (QED) is 0.412. The Hall–Kier alpha value is -3.27. The number of hydrogen-bond donors (Lipinski definition) is 2. The monoisotopic (exact) mass is 483 g/mol. The number of nitrogens with one attached hydrogen (secondary N) is 2. The molecule has 1 aliphatic heterocycles. The van der Waals surface area contributed by atoms with Crippen LogP contribution in [0, 0.1) is 0 Å². The van der Waals surface area contributed by atoms with Gasteiger partial charge in [0.05, 0.1) is 11.7 Å². The highest BCUT2D eigenvalue weighted by atomic mass is 19.4. The Morgan fingerprint density at radius 1 is 1.11 bits per heavy atom. The molecule has 4 aromatic rings. The lowest BCUT2D eigenvalue weighted by Gasteiger charge is -2.36. The highest BCUT2D eigenvalue weighted by molar-refractivity contribution is 5.97. The second-order valence-corrected chi connectivity index (χ2v) is 8.82. The summed E-state index contributed by atoms with van der Waals surface area (Å²) < 4.78 is 40.0. The van der Waals surface area contributed by atoms with E-state index in [1.54, 1.807) is 12.3 Å². The first-order chi connectivity index (χ1) is 16.9. The molecule has 5 heterocycles. The summed E-state index contributed by atoms with van der Waals surface area (Å²) in [6.45, 7) is 8.59. The van der Waals surface area contributed by atoms with E-state index < -0.39 is 11.9 Å². The molecule has 0 unspecified atom stereocenters. The molecule has 35 heavy (non-hydrogen) atoms. The van der Waals surface area contributed by atoms with Crippen molar-refractivity contribution in [2.45, 2.75) is 51.7 Å². The minimum atomic E-state index is -4.49. The van der Waals surface area contributed by atoms with Crippen molar-refractivity contribution in [1.29, 1.82) is 0 Å². The van der Waals surface area contributed by atoms with Gasteiger partial charge in [0, 0.05) is 54.4 Å². The van der Waals surface area contributed by atoms with Gasteiger partial charge in [-0.3, -0.25) is 4.98 Å². The van der Waals surface area contributed by atoms with Gasteiger partial charge in [0.15, 0.2) is 5.82 Å². The van der Waals surface area contributed by atoms with E-state index in [4.69, 9.17) is 9.97 Å². The molecule has 1 atom stereocenters. The van der Waals surface area contributed by atoms with Gasteiger partial charge >= 0.3 is 6.18 Å². The van der Waals surface area contributed by atoms with Crippen molar-refractivity contribution in [2.24, 2.45) is 0 Å². The third kappa shape index (κ3) is 4.31. The fourth-order valence-corrected chi connectivity index (χ4v) is 4.65. The zero-order valence-electron chi connectivity index (χ0n) is 19.9. The van der Waals surface area contributed by atoms with Gasteiger partial charge in [0.2, 0.25) is 0 Å². The number of H-pyrrole nitrogens is 1. The Morgan fingerprint density at radius 2 is 1.91 bits per heavy atom. The second kappa shape index (κ2) is 9.07. The lowest BCUT2D eigenvalue weighted by molar-refractivity contribution is -0.140. The SMILES string of the molecule is CC.C[C@H]1CNCCN1c1nc(-c2ccnc3[nH]c(C(F)(F)F)cc23)nc2cncc(C3CC3)c12. The maximum Gasteiger partial charge on any atom is 0.431 e. The second-order valence-electron chi connectivity index (χ2n) is 8.82. The van der Waals surface area contributed by atoms with Gasteiger partial charge in [-0.2, -0.15) is 13.2 Å². The molecule has 1 aliphatic carbocycles. The fraction of sp³-hybridized carbons (Fsp3) is 0.440. The van der Waals surface area contributed by atoms with E-state index in [0.29, 0.717) is 28.2 Å². The lowest BCUT2D eigenvalue weighted by atomic mass is 10.1. The molecule has 7 nitrogen and oxygen atoms in total. The number of piperazine rings is 1. The van der Waals surface area contributed by atoms with Gasteiger partial charge in [0.1, 0.15) is 17.2 Å². The van der Waals surface area contributed by atoms with Crippen molar-refractivity contribution in [3.8, 4) is 11.4 Å². The summed E-state index contributed by atoms with van der Waals surface area (Å²) in [5, 5.41) is 4.75. The molecule has 2 N–H and O–H groups in total. The molecule has 2 fully saturated rings. The average molecular weight is 484 g/mol. The van der Waals surface area contributed by atoms with Crippen LogP contribution in [-0.4, -0.2) is 50.6 Å². The number of aromatic amines is 1. The summed E-state index contributed by atoms with van der Waals surface area (Å²) in [6, 6.07) is 2.96. The van der Waals surface area contributed by atoms with Gasteiger partial charge in [-0.25, -0.2) is 15.0 Å². The largest absolute Gasteiger partial charge is 0.431 e. The van der Waals surface area contributed by atoms with E-state index in [9.17, 15) is 13.2 Å². The third-order valence-electron chi connectivity index (χ3n) is 6.49. The summed E-state index contributed by atoms with van der Waals surface area (Å²) >= 11 is 0. The summed E-state index contributed by atoms with van der Waals surface area (Å²) in [6.07, 6.45) is 2.85. The number of nitrogens with zero attached hydrogens (tertiary/aromatic N) is 5. The van der Waals surface area contributed by atoms with Crippen molar-refractivity contribution >= 4 is 27.8 Å². The molecule has 184 valence electrons. The Kier molecular flexibility index (Phi) is 6.08. The Morgan fingerprint density at radius 3 is 2.63 bits per heavy atom. The molecule has 1 saturated heterocycles. The number of alkyl halides is 3. The third-order valence-corrected chi connectivity index (χ3v) is 6.49. The van der Waals surface area contributed by atoms with Gasteiger partial charge in [-0.1, -0.05) is 13.8 Å². The summed E-state index contributed by atoms with van der Waals surface area (Å²) in [5.74, 6) is 1.65. The van der Waals surface area contributed by atoms with E-state index >= 15 is 0 Å². The molecular weight excluding hydrogens is 455 g/mol. The molecule has 1 saturated carbocycles. The van der Waals surface area contributed by atoms with Crippen LogP contribution in [0.5, 0.6) is 0 Å². The Balaban J connectivity index is 0.00000124. The van der Waals surface area contributed by atoms with Crippen molar-refractivity contribution in [3.05, 3.63) is 42.0 Å². The van der Waals surface area contributed by atoms with Gasteiger partial charge in [0.25, 0.3) is 0 Å². The zero-order chi connectivity index (χ0) is 24.7. The van der Waals surface area contributed by atoms with Gasteiger partial charge in [-0.15, -0.1) is 0 Å². The van der Waals surface area contributed by atoms with E-state index in [1.165, 1.54) is 6.20 Å². The highest BCUT2D eigenvalue weighted by Gasteiger charge is 2.34. The summed E-state index contributed by atoms with van der Waals surface area (Å²) in [4.78, 5) is 22.9. The number of pyridine rings is 2. The number of halogens is 3. The van der Waals surface area contributed by atoms with Crippen molar-refractivity contribution < 1.29 is 13.2 Å². The molecule has 0 amide bonds. The molecule has 10 heteroatoms. The molecule has 0 spiro atoms. The summed E-state index contributed by atoms with van der Waals surface area (Å²) in [7, 11) is 0. The van der Waals surface area contributed by atoms with Crippen LogP contribution in [0.1, 0.15) is 50.8 Å². The van der Waals surface area contributed by atoms with Crippen LogP contribution < -0.4 is 10.2 Å². The minimum absolute atomic E-state index is 0.158. The Bertz CT molecular complexity index is 1360. The molecule has 0 bridgehead atoms. The van der Waals surface area contributed by atoms with E-state index in [0.717, 1.165) is 55.3 Å². The number of hydrogen-bond acceptors (Lipinski definition) is 6. The molecule has 6 rings (SSSR count). The molecule has 0 aromatic carbocycles. The maximum atomic E-state index is 13.3. The van der Waals surface area contributed by atoms with Crippen LogP contribution in [0.3, 0.4) is 0 Å². The van der Waals surface area contributed by atoms with Gasteiger partial charge in [-0.05, 0) is 43.4 Å². The molecular formula is C25H28F3N7. The normalized spacial score (nSPS) is 18.6. The van der Waals surface area contributed by atoms with E-state index in [1.807, 2.05) is 20.0 Å². The van der Waals surface area contributed by atoms with Crippen LogP contribution in [0.4, 0.5) is 19.0 Å². The van der Waals surface area contributed by atoms with Crippen molar-refractivity contribution in [3.63, 3.8) is 0 Å². The van der Waals surface area contributed by atoms with Crippen LogP contribution in [0.15, 0.2) is 30.7 Å². The predicted molar refractivity (Wildman–Crippen MR) is 130 cm³/mol. The van der Waals surface area contributed by atoms with E-state index in [-0.39, 0.29) is 11.7 Å². The lowest BCUT2D eigenvalue weighted by Crippen LogP contribution is -2.50. The highest BCUT2D eigenvalue weighted by Crippen LogP contribution is 2.45. The first-order valence-corrected chi connectivity index (χ1v) is 12.1. The topological polar surface area (TPSA) is 82.6 Å². The smallest absolute Gasteiger partial charge is 0.351 e. The number of aromatic nitrogens is 5. The van der Waals surface area contributed by atoms with Crippen LogP contribution in [-0.2, 0) is 6.18 Å². The number of anilines is 1. The van der Waals surface area contributed by atoms with Crippen LogP contribution in [0.2, 0.25) is 0 Å². The molecule has 4 aromatic heterocycles. The van der Waals surface area contributed by atoms with Crippen molar-refractivity contribution in [2.75, 3.05) is 24.5 Å².